The smallest absolute Gasteiger partial charge is 0.326 e. The number of ether oxygens (including phenoxy) is 2. The van der Waals surface area contributed by atoms with Crippen LogP contribution in [0.2, 0.25) is 0 Å². The summed E-state index contributed by atoms with van der Waals surface area (Å²) >= 11 is 0. The lowest BCUT2D eigenvalue weighted by atomic mass is 9.88. The molecule has 0 bridgehead atoms. The summed E-state index contributed by atoms with van der Waals surface area (Å²) in [6, 6.07) is 17.4. The molecule has 0 saturated carbocycles. The van der Waals surface area contributed by atoms with Gasteiger partial charge in [0.05, 0.1) is 13.7 Å². The van der Waals surface area contributed by atoms with Gasteiger partial charge in [-0.3, -0.25) is 4.79 Å². The molecule has 0 amide bonds. The lowest BCUT2D eigenvalue weighted by molar-refractivity contribution is -0.149. The highest BCUT2D eigenvalue weighted by atomic mass is 16.5. The summed E-state index contributed by atoms with van der Waals surface area (Å²) in [6.07, 6.45) is 4.69. The molecule has 4 heteroatoms. The van der Waals surface area contributed by atoms with Crippen LogP contribution in [0.1, 0.15) is 24.5 Å². The monoisotopic (exact) mass is 339 g/mol. The second-order valence-electron chi connectivity index (χ2n) is 5.92. The second kappa shape index (κ2) is 9.04. The van der Waals surface area contributed by atoms with Crippen LogP contribution in [0.25, 0.3) is 6.08 Å². The van der Waals surface area contributed by atoms with Crippen LogP contribution in [-0.2, 0) is 16.0 Å². The quantitative estimate of drug-likeness (QED) is 0.747. The van der Waals surface area contributed by atoms with Crippen molar-refractivity contribution in [2.45, 2.75) is 25.3 Å². The summed E-state index contributed by atoms with van der Waals surface area (Å²) in [5, 5.41) is 0. The van der Waals surface area contributed by atoms with E-state index in [4.69, 9.17) is 15.2 Å². The Labute approximate surface area is 149 Å². The molecule has 1 atom stereocenters. The van der Waals surface area contributed by atoms with E-state index in [9.17, 15) is 4.79 Å². The van der Waals surface area contributed by atoms with Crippen LogP contribution in [0, 0.1) is 0 Å². The molecule has 2 aromatic carbocycles. The van der Waals surface area contributed by atoms with Crippen molar-refractivity contribution in [3.05, 3.63) is 71.8 Å². The Morgan fingerprint density at radius 2 is 1.80 bits per heavy atom. The summed E-state index contributed by atoms with van der Waals surface area (Å²) in [4.78, 5) is 12.4. The van der Waals surface area contributed by atoms with Gasteiger partial charge in [0.15, 0.2) is 0 Å². The molecule has 0 fully saturated rings. The molecular formula is C21H25NO3. The molecule has 2 aromatic rings. The first-order chi connectivity index (χ1) is 12.1. The van der Waals surface area contributed by atoms with Gasteiger partial charge in [0, 0.05) is 6.42 Å². The number of esters is 1. The predicted octanol–water partition coefficient (Wildman–Crippen LogP) is 3.60. The van der Waals surface area contributed by atoms with Crippen molar-refractivity contribution in [1.82, 2.24) is 0 Å². The minimum Gasteiger partial charge on any atom is -0.497 e. The largest absolute Gasteiger partial charge is 0.497 e. The molecule has 4 nitrogen and oxygen atoms in total. The van der Waals surface area contributed by atoms with Crippen LogP contribution >= 0.6 is 0 Å². The van der Waals surface area contributed by atoms with Gasteiger partial charge in [0.2, 0.25) is 0 Å². The number of hydrogen-bond acceptors (Lipinski definition) is 4. The number of rotatable bonds is 8. The van der Waals surface area contributed by atoms with E-state index >= 15 is 0 Å². The number of carbonyl (C=O) groups excluding carboxylic acids is 1. The average Bonchev–Trinajstić information content (AvgIpc) is 2.63. The van der Waals surface area contributed by atoms with Crippen LogP contribution < -0.4 is 10.5 Å². The van der Waals surface area contributed by atoms with Crippen molar-refractivity contribution in [3.63, 3.8) is 0 Å². The van der Waals surface area contributed by atoms with Crippen molar-refractivity contribution in [2.75, 3.05) is 13.7 Å². The van der Waals surface area contributed by atoms with E-state index in [1.165, 1.54) is 0 Å². The van der Waals surface area contributed by atoms with Crippen molar-refractivity contribution in [3.8, 4) is 5.75 Å². The molecule has 2 N–H and O–H groups in total. The van der Waals surface area contributed by atoms with Crippen LogP contribution in [0.15, 0.2) is 60.7 Å². The predicted molar refractivity (Wildman–Crippen MR) is 100 cm³/mol. The van der Waals surface area contributed by atoms with Crippen molar-refractivity contribution in [1.29, 1.82) is 0 Å². The van der Waals surface area contributed by atoms with Gasteiger partial charge in [-0.05, 0) is 36.6 Å². The van der Waals surface area contributed by atoms with Crippen LogP contribution in [-0.4, -0.2) is 25.2 Å². The number of carbonyl (C=O) groups is 1. The first-order valence-corrected chi connectivity index (χ1v) is 8.38. The van der Waals surface area contributed by atoms with Crippen molar-refractivity contribution in [2.24, 2.45) is 5.73 Å². The third-order valence-corrected chi connectivity index (χ3v) is 3.95. The van der Waals surface area contributed by atoms with E-state index in [0.29, 0.717) is 19.4 Å². The van der Waals surface area contributed by atoms with Crippen molar-refractivity contribution < 1.29 is 14.3 Å². The lowest BCUT2D eigenvalue weighted by Gasteiger charge is -2.26. The Balaban J connectivity index is 2.11. The fourth-order valence-electron chi connectivity index (χ4n) is 2.58. The molecule has 0 aliphatic carbocycles. The molecule has 0 aliphatic heterocycles. The Hall–Kier alpha value is -2.59. The maximum atomic E-state index is 12.4. The van der Waals surface area contributed by atoms with Crippen LogP contribution in [0.4, 0.5) is 0 Å². The maximum absolute atomic E-state index is 12.4. The first-order valence-electron chi connectivity index (χ1n) is 8.38. The standard InChI is InChI=1S/C21H25NO3/c1-3-25-20(23)21(22,16-18-8-5-4-6-9-18)15-7-10-17-11-13-19(24-2)14-12-17/h4-14H,3,15-16,22H2,1-2H3/b10-7+/t21-/m0/s1. The Bertz CT molecular complexity index is 695. The number of benzene rings is 2. The Morgan fingerprint density at radius 1 is 1.12 bits per heavy atom. The molecule has 0 aromatic heterocycles. The Morgan fingerprint density at radius 3 is 2.40 bits per heavy atom. The lowest BCUT2D eigenvalue weighted by Crippen LogP contribution is -2.50. The van der Waals surface area contributed by atoms with E-state index in [1.807, 2.05) is 66.7 Å². The fraction of sp³-hybridized carbons (Fsp3) is 0.286. The molecule has 0 saturated heterocycles. The van der Waals surface area contributed by atoms with Gasteiger partial charge in [-0.25, -0.2) is 0 Å². The molecule has 0 aliphatic rings. The van der Waals surface area contributed by atoms with Gasteiger partial charge in [-0.1, -0.05) is 54.6 Å². The zero-order valence-electron chi connectivity index (χ0n) is 14.8. The zero-order chi connectivity index (χ0) is 18.1. The molecule has 0 unspecified atom stereocenters. The minimum atomic E-state index is -1.08. The van der Waals surface area contributed by atoms with E-state index in [0.717, 1.165) is 16.9 Å². The highest BCUT2D eigenvalue weighted by molar-refractivity contribution is 5.81. The SMILES string of the molecule is CCOC(=O)[C@](N)(C/C=C/c1ccc(OC)cc1)Cc1ccccc1. The summed E-state index contributed by atoms with van der Waals surface area (Å²) < 4.78 is 10.3. The highest BCUT2D eigenvalue weighted by Gasteiger charge is 2.34. The summed E-state index contributed by atoms with van der Waals surface area (Å²) in [5.41, 5.74) is 7.37. The van der Waals surface area contributed by atoms with E-state index < -0.39 is 5.54 Å². The van der Waals surface area contributed by atoms with E-state index in [2.05, 4.69) is 0 Å². The molecule has 25 heavy (non-hydrogen) atoms. The van der Waals surface area contributed by atoms with Crippen molar-refractivity contribution >= 4 is 12.0 Å². The van der Waals surface area contributed by atoms with Crippen LogP contribution in [0.5, 0.6) is 5.75 Å². The fourth-order valence-corrected chi connectivity index (χ4v) is 2.58. The second-order valence-corrected chi connectivity index (χ2v) is 5.92. The van der Waals surface area contributed by atoms with Crippen LogP contribution in [0.3, 0.4) is 0 Å². The maximum Gasteiger partial charge on any atom is 0.326 e. The van der Waals surface area contributed by atoms with Gasteiger partial charge in [-0.15, -0.1) is 0 Å². The minimum absolute atomic E-state index is 0.314. The van der Waals surface area contributed by atoms with Gasteiger partial charge in [-0.2, -0.15) is 0 Å². The normalized spacial score (nSPS) is 13.4. The molecule has 0 heterocycles. The molecule has 132 valence electrons. The van der Waals surface area contributed by atoms with Gasteiger partial charge in [0.1, 0.15) is 11.3 Å². The van der Waals surface area contributed by atoms with Gasteiger partial charge >= 0.3 is 5.97 Å². The average molecular weight is 339 g/mol. The van der Waals surface area contributed by atoms with Gasteiger partial charge in [0.25, 0.3) is 0 Å². The van der Waals surface area contributed by atoms with Gasteiger partial charge < -0.3 is 15.2 Å². The van der Waals surface area contributed by atoms with E-state index in [-0.39, 0.29) is 5.97 Å². The molecule has 0 radical (unpaired) electrons. The topological polar surface area (TPSA) is 61.5 Å². The van der Waals surface area contributed by atoms with E-state index in [1.54, 1.807) is 14.0 Å². The molecular weight excluding hydrogens is 314 g/mol. The third kappa shape index (κ3) is 5.47. The molecule has 2 rings (SSSR count). The summed E-state index contributed by atoms with van der Waals surface area (Å²) in [5.74, 6) is 0.430. The Kier molecular flexibility index (Phi) is 6.78. The first kappa shape index (κ1) is 18.7. The molecule has 0 spiro atoms. The number of methoxy groups -OCH3 is 1. The summed E-state index contributed by atoms with van der Waals surface area (Å²) in [6.45, 7) is 2.10. The third-order valence-electron chi connectivity index (χ3n) is 3.95. The number of hydrogen-bond donors (Lipinski definition) is 1. The highest BCUT2D eigenvalue weighted by Crippen LogP contribution is 2.19. The zero-order valence-corrected chi connectivity index (χ0v) is 14.8. The summed E-state index contributed by atoms with van der Waals surface area (Å²) in [7, 11) is 1.64. The number of nitrogens with two attached hydrogens (primary N) is 1.